The summed E-state index contributed by atoms with van der Waals surface area (Å²) in [5.74, 6) is 0.265. The number of aryl methyl sites for hydroxylation is 1. The van der Waals surface area contributed by atoms with Crippen molar-refractivity contribution in [2.24, 2.45) is 0 Å². The van der Waals surface area contributed by atoms with Gasteiger partial charge >= 0.3 is 0 Å². The molecule has 3 aromatic rings. The Labute approximate surface area is 163 Å². The van der Waals surface area contributed by atoms with Crippen molar-refractivity contribution in [3.05, 3.63) is 64.7 Å². The largest absolute Gasteiger partial charge is 0.316 e. The van der Waals surface area contributed by atoms with Crippen molar-refractivity contribution in [3.8, 4) is 17.1 Å². The van der Waals surface area contributed by atoms with Crippen LogP contribution in [0.4, 0.5) is 4.39 Å². The van der Waals surface area contributed by atoms with Crippen LogP contribution in [0.15, 0.2) is 48.5 Å². The lowest BCUT2D eigenvalue weighted by Gasteiger charge is -2.22. The van der Waals surface area contributed by atoms with Crippen molar-refractivity contribution in [3.63, 3.8) is 0 Å². The zero-order chi connectivity index (χ0) is 18.8. The third kappa shape index (κ3) is 3.73. The molecule has 1 N–H and O–H groups in total. The topological polar surface area (TPSA) is 27.2 Å². The molecule has 1 saturated heterocycles. The summed E-state index contributed by atoms with van der Waals surface area (Å²) in [5, 5.41) is 4.75. The van der Waals surface area contributed by atoms with E-state index in [0.29, 0.717) is 16.2 Å². The zero-order valence-corrected chi connectivity index (χ0v) is 16.3. The molecular formula is C21H24FN4S+. The van der Waals surface area contributed by atoms with E-state index in [1.54, 1.807) is 12.1 Å². The molecule has 1 fully saturated rings. The van der Waals surface area contributed by atoms with Crippen LogP contribution in [0, 0.1) is 17.5 Å². The molecule has 2 aromatic carbocycles. The van der Waals surface area contributed by atoms with Gasteiger partial charge in [0.05, 0.1) is 18.7 Å². The molecule has 0 aliphatic carbocycles. The summed E-state index contributed by atoms with van der Waals surface area (Å²) in [4.78, 5) is 1.48. The van der Waals surface area contributed by atoms with Crippen LogP contribution < -0.4 is 4.90 Å². The number of nitrogens with zero attached hydrogens (tertiary/aromatic N) is 3. The lowest BCUT2D eigenvalue weighted by Crippen LogP contribution is -3.12. The minimum atomic E-state index is -0.289. The van der Waals surface area contributed by atoms with Gasteiger partial charge in [0.2, 0.25) is 4.77 Å². The molecule has 0 amide bonds. The minimum absolute atomic E-state index is 0.289. The van der Waals surface area contributed by atoms with E-state index in [2.05, 4.69) is 0 Å². The molecule has 0 spiro atoms. The number of hydrogen-bond acceptors (Lipinski definition) is 2. The number of piperidine rings is 1. The number of aromatic nitrogens is 3. The molecule has 4 rings (SSSR count). The summed E-state index contributed by atoms with van der Waals surface area (Å²) in [6.07, 6.45) is 3.77. The SMILES string of the molecule is Cc1ccc(-n2c(-c3ccccc3F)nn(C[NH+]3CCCCC3)c2=S)cc1. The fourth-order valence-electron chi connectivity index (χ4n) is 3.68. The highest BCUT2D eigenvalue weighted by Gasteiger charge is 2.20. The predicted octanol–water partition coefficient (Wildman–Crippen LogP) is 3.54. The standard InChI is InChI=1S/C21H23FN4S/c1-16-9-11-17(12-10-16)26-20(18-7-3-4-8-19(18)22)23-25(21(26)27)15-24-13-5-2-6-14-24/h3-4,7-12H,2,5-6,13-15H2,1H3/p+1. The first-order valence-electron chi connectivity index (χ1n) is 9.49. The first-order valence-corrected chi connectivity index (χ1v) is 9.89. The Balaban J connectivity index is 1.83. The van der Waals surface area contributed by atoms with E-state index >= 15 is 0 Å². The Morgan fingerprint density at radius 1 is 1.04 bits per heavy atom. The fraction of sp³-hybridized carbons (Fsp3) is 0.333. The average Bonchev–Trinajstić information content (AvgIpc) is 3.00. The van der Waals surface area contributed by atoms with E-state index in [-0.39, 0.29) is 5.82 Å². The predicted molar refractivity (Wildman–Crippen MR) is 107 cm³/mol. The van der Waals surface area contributed by atoms with Gasteiger partial charge in [-0.1, -0.05) is 29.8 Å². The van der Waals surface area contributed by atoms with Crippen LogP contribution in [0.2, 0.25) is 0 Å². The van der Waals surface area contributed by atoms with Crippen molar-refractivity contribution < 1.29 is 9.29 Å². The lowest BCUT2D eigenvalue weighted by molar-refractivity contribution is -0.928. The van der Waals surface area contributed by atoms with Gasteiger partial charge in [-0.15, -0.1) is 5.10 Å². The van der Waals surface area contributed by atoms with Gasteiger partial charge in [0.15, 0.2) is 12.5 Å². The number of benzene rings is 2. The number of hydrogen-bond donors (Lipinski definition) is 1. The molecule has 0 atom stereocenters. The molecule has 0 bridgehead atoms. The number of quaternary nitrogens is 1. The molecule has 140 valence electrons. The minimum Gasteiger partial charge on any atom is -0.316 e. The Kier molecular flexibility index (Phi) is 5.18. The van der Waals surface area contributed by atoms with Gasteiger partial charge in [0.25, 0.3) is 0 Å². The molecule has 0 radical (unpaired) electrons. The highest BCUT2D eigenvalue weighted by Crippen LogP contribution is 2.25. The molecule has 1 aromatic heterocycles. The molecule has 0 unspecified atom stereocenters. The first-order chi connectivity index (χ1) is 13.1. The molecule has 27 heavy (non-hydrogen) atoms. The van der Waals surface area contributed by atoms with E-state index in [1.165, 1.54) is 35.8 Å². The van der Waals surface area contributed by atoms with E-state index < -0.39 is 0 Å². The van der Waals surface area contributed by atoms with E-state index in [0.717, 1.165) is 25.4 Å². The number of nitrogens with one attached hydrogen (secondary N) is 1. The molecule has 1 aliphatic heterocycles. The molecule has 6 heteroatoms. The normalized spacial score (nSPS) is 15.2. The van der Waals surface area contributed by atoms with Crippen LogP contribution in [0.5, 0.6) is 0 Å². The summed E-state index contributed by atoms with van der Waals surface area (Å²) in [7, 11) is 0. The third-order valence-electron chi connectivity index (χ3n) is 5.18. The highest BCUT2D eigenvalue weighted by molar-refractivity contribution is 7.71. The van der Waals surface area contributed by atoms with Crippen LogP contribution in [-0.4, -0.2) is 27.4 Å². The van der Waals surface area contributed by atoms with Gasteiger partial charge in [-0.25, -0.2) is 4.39 Å². The van der Waals surface area contributed by atoms with Crippen LogP contribution in [0.3, 0.4) is 0 Å². The maximum Gasteiger partial charge on any atom is 0.207 e. The second kappa shape index (κ2) is 7.74. The zero-order valence-electron chi connectivity index (χ0n) is 15.5. The molecule has 4 nitrogen and oxygen atoms in total. The monoisotopic (exact) mass is 383 g/mol. The number of rotatable bonds is 4. The summed E-state index contributed by atoms with van der Waals surface area (Å²) >= 11 is 5.77. The maximum atomic E-state index is 14.5. The van der Waals surface area contributed by atoms with Gasteiger partial charge in [-0.05, 0) is 62.7 Å². The maximum absolute atomic E-state index is 14.5. The van der Waals surface area contributed by atoms with Crippen LogP contribution in [-0.2, 0) is 6.67 Å². The molecular weight excluding hydrogens is 359 g/mol. The van der Waals surface area contributed by atoms with Crippen molar-refractivity contribution in [1.82, 2.24) is 14.3 Å². The van der Waals surface area contributed by atoms with Gasteiger partial charge in [0, 0.05) is 5.69 Å². The smallest absolute Gasteiger partial charge is 0.207 e. The van der Waals surface area contributed by atoms with Crippen LogP contribution in [0.25, 0.3) is 17.1 Å². The number of likely N-dealkylation sites (tertiary alicyclic amines) is 1. The quantitative estimate of drug-likeness (QED) is 0.698. The van der Waals surface area contributed by atoms with E-state index in [1.807, 2.05) is 46.5 Å². The second-order valence-corrected chi connectivity index (χ2v) is 7.59. The molecule has 0 saturated carbocycles. The van der Waals surface area contributed by atoms with Crippen LogP contribution in [0.1, 0.15) is 24.8 Å². The van der Waals surface area contributed by atoms with Crippen molar-refractivity contribution in [1.29, 1.82) is 0 Å². The highest BCUT2D eigenvalue weighted by atomic mass is 32.1. The van der Waals surface area contributed by atoms with Gasteiger partial charge in [-0.2, -0.15) is 4.68 Å². The van der Waals surface area contributed by atoms with Crippen molar-refractivity contribution in [2.45, 2.75) is 32.9 Å². The molecule has 1 aliphatic rings. The van der Waals surface area contributed by atoms with Gasteiger partial charge in [0.1, 0.15) is 5.82 Å². The lowest BCUT2D eigenvalue weighted by atomic mass is 10.1. The third-order valence-corrected chi connectivity index (χ3v) is 5.57. The fourth-order valence-corrected chi connectivity index (χ4v) is 3.97. The first kappa shape index (κ1) is 18.1. The van der Waals surface area contributed by atoms with Crippen molar-refractivity contribution in [2.75, 3.05) is 13.1 Å². The summed E-state index contributed by atoms with van der Waals surface area (Å²) < 4.78 is 18.9. The van der Waals surface area contributed by atoms with Crippen molar-refractivity contribution >= 4 is 12.2 Å². The van der Waals surface area contributed by atoms with E-state index in [4.69, 9.17) is 17.3 Å². The van der Waals surface area contributed by atoms with Gasteiger partial charge < -0.3 is 4.90 Å². The summed E-state index contributed by atoms with van der Waals surface area (Å²) in [5.41, 5.74) is 2.54. The Morgan fingerprint density at radius 3 is 2.44 bits per heavy atom. The summed E-state index contributed by atoms with van der Waals surface area (Å²) in [6.45, 7) is 5.03. The van der Waals surface area contributed by atoms with E-state index in [9.17, 15) is 4.39 Å². The second-order valence-electron chi connectivity index (χ2n) is 7.23. The van der Waals surface area contributed by atoms with Gasteiger partial charge in [-0.3, -0.25) is 4.57 Å². The molecule has 2 heterocycles. The summed E-state index contributed by atoms with van der Waals surface area (Å²) in [6, 6.07) is 14.8. The average molecular weight is 384 g/mol. The number of halogens is 1. The van der Waals surface area contributed by atoms with Crippen LogP contribution >= 0.6 is 12.2 Å². The Hall–Kier alpha value is -2.31. The Bertz CT molecular complexity index is 984. The Morgan fingerprint density at radius 2 is 1.74 bits per heavy atom.